The second-order valence-corrected chi connectivity index (χ2v) is 8.67. The minimum absolute atomic E-state index is 0.0992. The van der Waals surface area contributed by atoms with Gasteiger partial charge in [-0.15, -0.1) is 0 Å². The van der Waals surface area contributed by atoms with Crippen molar-refractivity contribution in [2.45, 2.75) is 52.2 Å². The fourth-order valence-corrected chi connectivity index (χ4v) is 3.36. The maximum Gasteiger partial charge on any atom is 0.229 e. The van der Waals surface area contributed by atoms with E-state index in [1.807, 2.05) is 56.5 Å². The summed E-state index contributed by atoms with van der Waals surface area (Å²) in [6, 6.07) is 10.9. The third-order valence-corrected chi connectivity index (χ3v) is 4.75. The molecule has 0 aliphatic heterocycles. The number of nitrogens with zero attached hydrogens (tertiary/aromatic N) is 3. The maximum absolute atomic E-state index is 12.7. The van der Waals surface area contributed by atoms with Crippen LogP contribution in [-0.4, -0.2) is 25.5 Å². The van der Waals surface area contributed by atoms with Crippen molar-refractivity contribution < 1.29 is 9.90 Å². The Labute approximate surface area is 169 Å². The molecular weight excluding hydrogens is 376 g/mol. The number of carbonyl (C=O) groups excluding carboxylic acids is 1. The number of carbonyl (C=O) groups is 1. The standard InChI is InChI=1S/C21H25ClN4O2/c1-13-7-6-8-14(11-13)21(5,28)12-17(27)25-19-23-15-9-10-16(22)24-18(15)26(19)20(2,3)4/h6-11,28H,12H2,1-5H3,(H,23,25,27)/t21-/m0/s1. The van der Waals surface area contributed by atoms with E-state index in [9.17, 15) is 9.90 Å². The molecule has 0 aliphatic rings. The van der Waals surface area contributed by atoms with Crippen LogP contribution in [0.1, 0.15) is 45.2 Å². The van der Waals surface area contributed by atoms with Crippen molar-refractivity contribution in [3.05, 3.63) is 52.7 Å². The molecule has 0 spiro atoms. The van der Waals surface area contributed by atoms with Crippen molar-refractivity contribution in [3.63, 3.8) is 0 Å². The van der Waals surface area contributed by atoms with Gasteiger partial charge in [0.2, 0.25) is 11.9 Å². The first-order valence-corrected chi connectivity index (χ1v) is 9.50. The average Bonchev–Trinajstić information content (AvgIpc) is 2.91. The van der Waals surface area contributed by atoms with Crippen LogP contribution in [-0.2, 0) is 15.9 Å². The molecule has 0 aliphatic carbocycles. The van der Waals surface area contributed by atoms with Crippen molar-refractivity contribution in [1.29, 1.82) is 0 Å². The Balaban J connectivity index is 1.91. The number of halogens is 1. The summed E-state index contributed by atoms with van der Waals surface area (Å²) in [6.07, 6.45) is -0.0992. The number of fused-ring (bicyclic) bond motifs is 1. The zero-order chi connectivity index (χ0) is 20.7. The van der Waals surface area contributed by atoms with Gasteiger partial charge in [-0.3, -0.25) is 14.7 Å². The molecule has 28 heavy (non-hydrogen) atoms. The van der Waals surface area contributed by atoms with Gasteiger partial charge in [0.15, 0.2) is 5.65 Å². The highest BCUT2D eigenvalue weighted by atomic mass is 35.5. The van der Waals surface area contributed by atoms with Crippen LogP contribution in [0.5, 0.6) is 0 Å². The number of aromatic nitrogens is 3. The fraction of sp³-hybridized carbons (Fsp3) is 0.381. The molecule has 6 nitrogen and oxygen atoms in total. The fourth-order valence-electron chi connectivity index (χ4n) is 3.22. The lowest BCUT2D eigenvalue weighted by atomic mass is 9.91. The van der Waals surface area contributed by atoms with Crippen LogP contribution in [0.2, 0.25) is 5.15 Å². The van der Waals surface area contributed by atoms with Gasteiger partial charge in [-0.05, 0) is 52.3 Å². The molecule has 2 heterocycles. The first-order valence-electron chi connectivity index (χ1n) is 9.12. The summed E-state index contributed by atoms with van der Waals surface area (Å²) in [5.41, 5.74) is 1.28. The minimum Gasteiger partial charge on any atom is -0.385 e. The first-order chi connectivity index (χ1) is 13.0. The van der Waals surface area contributed by atoms with Gasteiger partial charge in [0.25, 0.3) is 0 Å². The molecule has 1 amide bonds. The van der Waals surface area contributed by atoms with Crippen molar-refractivity contribution in [1.82, 2.24) is 14.5 Å². The Kier molecular flexibility index (Phi) is 5.21. The van der Waals surface area contributed by atoms with Crippen LogP contribution >= 0.6 is 11.6 Å². The molecule has 3 aromatic rings. The van der Waals surface area contributed by atoms with E-state index in [1.54, 1.807) is 19.1 Å². The molecule has 7 heteroatoms. The Morgan fingerprint density at radius 2 is 1.89 bits per heavy atom. The molecule has 1 atom stereocenters. The molecule has 0 bridgehead atoms. The minimum atomic E-state index is -1.30. The van der Waals surface area contributed by atoms with Crippen LogP contribution in [0.15, 0.2) is 36.4 Å². The Morgan fingerprint density at radius 3 is 2.54 bits per heavy atom. The van der Waals surface area contributed by atoms with Gasteiger partial charge >= 0.3 is 0 Å². The largest absolute Gasteiger partial charge is 0.385 e. The van der Waals surface area contributed by atoms with Crippen molar-refractivity contribution in [2.24, 2.45) is 0 Å². The van der Waals surface area contributed by atoms with Crippen LogP contribution in [0.3, 0.4) is 0 Å². The monoisotopic (exact) mass is 400 g/mol. The summed E-state index contributed by atoms with van der Waals surface area (Å²) in [6.45, 7) is 9.57. The van der Waals surface area contributed by atoms with Crippen LogP contribution < -0.4 is 5.32 Å². The van der Waals surface area contributed by atoms with E-state index in [4.69, 9.17) is 11.6 Å². The van der Waals surface area contributed by atoms with E-state index < -0.39 is 5.60 Å². The number of aryl methyl sites for hydroxylation is 1. The summed E-state index contributed by atoms with van der Waals surface area (Å²) in [4.78, 5) is 21.6. The van der Waals surface area contributed by atoms with Crippen molar-refractivity contribution in [2.75, 3.05) is 5.32 Å². The third-order valence-electron chi connectivity index (χ3n) is 4.54. The number of pyridine rings is 1. The number of anilines is 1. The quantitative estimate of drug-likeness (QED) is 0.636. The van der Waals surface area contributed by atoms with Crippen LogP contribution in [0.4, 0.5) is 5.95 Å². The zero-order valence-corrected chi connectivity index (χ0v) is 17.5. The summed E-state index contributed by atoms with van der Waals surface area (Å²) in [5.74, 6) is 0.0423. The third kappa shape index (κ3) is 4.18. The molecule has 0 unspecified atom stereocenters. The molecule has 2 N–H and O–H groups in total. The lowest BCUT2D eigenvalue weighted by Crippen LogP contribution is -2.31. The van der Waals surface area contributed by atoms with Gasteiger partial charge in [-0.2, -0.15) is 0 Å². The van der Waals surface area contributed by atoms with Gasteiger partial charge in [0.1, 0.15) is 10.7 Å². The maximum atomic E-state index is 12.7. The highest BCUT2D eigenvalue weighted by Gasteiger charge is 2.29. The average molecular weight is 401 g/mol. The highest BCUT2D eigenvalue weighted by Crippen LogP contribution is 2.29. The number of imidazole rings is 1. The second-order valence-electron chi connectivity index (χ2n) is 8.29. The van der Waals surface area contributed by atoms with E-state index in [1.165, 1.54) is 0 Å². The van der Waals surface area contributed by atoms with Crippen molar-refractivity contribution >= 4 is 34.6 Å². The van der Waals surface area contributed by atoms with Crippen LogP contribution in [0, 0.1) is 6.92 Å². The van der Waals surface area contributed by atoms with Crippen LogP contribution in [0.25, 0.3) is 11.2 Å². The van der Waals surface area contributed by atoms with Crippen molar-refractivity contribution in [3.8, 4) is 0 Å². The molecule has 0 saturated carbocycles. The molecule has 148 valence electrons. The summed E-state index contributed by atoms with van der Waals surface area (Å²) in [7, 11) is 0. The lowest BCUT2D eigenvalue weighted by molar-refractivity contribution is -0.120. The number of amides is 1. The molecule has 0 fully saturated rings. The van der Waals surface area contributed by atoms with E-state index in [-0.39, 0.29) is 17.9 Å². The molecule has 1 aromatic carbocycles. The number of nitrogens with one attached hydrogen (secondary N) is 1. The number of hydrogen-bond acceptors (Lipinski definition) is 4. The SMILES string of the molecule is Cc1cccc([C@@](C)(O)CC(=O)Nc2nc3ccc(Cl)nc3n2C(C)(C)C)c1. The Bertz CT molecular complexity index is 1030. The molecule has 0 radical (unpaired) electrons. The molecule has 0 saturated heterocycles. The first kappa shape index (κ1) is 20.3. The highest BCUT2D eigenvalue weighted by molar-refractivity contribution is 6.29. The van der Waals surface area contributed by atoms with Gasteiger partial charge in [-0.1, -0.05) is 41.4 Å². The number of rotatable bonds is 4. The molecule has 2 aromatic heterocycles. The summed E-state index contributed by atoms with van der Waals surface area (Å²) in [5, 5.41) is 14.0. The topological polar surface area (TPSA) is 80.0 Å². The summed E-state index contributed by atoms with van der Waals surface area (Å²) >= 11 is 6.05. The smallest absolute Gasteiger partial charge is 0.229 e. The number of hydrogen-bond donors (Lipinski definition) is 2. The lowest BCUT2D eigenvalue weighted by Gasteiger charge is -2.26. The van der Waals surface area contributed by atoms with E-state index in [0.717, 1.165) is 5.56 Å². The zero-order valence-electron chi connectivity index (χ0n) is 16.7. The summed E-state index contributed by atoms with van der Waals surface area (Å²) < 4.78 is 1.84. The number of aliphatic hydroxyl groups is 1. The van der Waals surface area contributed by atoms with Gasteiger partial charge < -0.3 is 5.11 Å². The second kappa shape index (κ2) is 7.18. The predicted octanol–water partition coefficient (Wildman–Crippen LogP) is 4.38. The Hall–Kier alpha value is -2.44. The van der Waals surface area contributed by atoms with E-state index in [2.05, 4.69) is 15.3 Å². The molecule has 3 rings (SSSR count). The van der Waals surface area contributed by atoms with E-state index in [0.29, 0.717) is 27.8 Å². The van der Waals surface area contributed by atoms with Gasteiger partial charge in [-0.25, -0.2) is 9.97 Å². The normalized spacial score (nSPS) is 14.1. The predicted molar refractivity (Wildman–Crippen MR) is 112 cm³/mol. The Morgan fingerprint density at radius 1 is 1.18 bits per heavy atom. The van der Waals surface area contributed by atoms with Gasteiger partial charge in [0.05, 0.1) is 12.0 Å². The van der Waals surface area contributed by atoms with Gasteiger partial charge in [0, 0.05) is 5.54 Å². The molecular formula is C21H25ClN4O2. The number of benzene rings is 1. The van der Waals surface area contributed by atoms with E-state index >= 15 is 0 Å².